The quantitative estimate of drug-likeness (QED) is 0.0301. The van der Waals surface area contributed by atoms with Gasteiger partial charge in [-0.15, -0.1) is 0 Å². The Morgan fingerprint density at radius 1 is 0.637 bits per heavy atom. The van der Waals surface area contributed by atoms with E-state index in [9.17, 15) is 28.8 Å². The van der Waals surface area contributed by atoms with Gasteiger partial charge in [-0.05, 0) is 125 Å². The predicted octanol–water partition coefficient (Wildman–Crippen LogP) is 9.82. The SMILES string of the molecule is CCCCCCCCOC(=O)O[C@H]1C[C@@H](CC2=C(c3[nH]c4cc(F)ccc4c3C[C@@H]3C[C@H](OC(=O)OCCCCCCCC)CN3C(=O)[C@H](CC)NC(=O)[C@H](C)NC)Cc3cc(F)ccc32)N(C(=O)[C@H](CC)NC(=O)[C@H](C)NC)C1. The largest absolute Gasteiger partial charge is 0.508 e. The maximum absolute atomic E-state index is 15.3. The summed E-state index contributed by atoms with van der Waals surface area (Å²) in [6.45, 7) is 11.8. The highest BCUT2D eigenvalue weighted by Gasteiger charge is 2.44. The molecule has 6 rings (SSSR count). The van der Waals surface area contributed by atoms with Crippen LogP contribution < -0.4 is 21.3 Å². The predicted molar refractivity (Wildman–Crippen MR) is 304 cm³/mol. The van der Waals surface area contributed by atoms with E-state index in [1.165, 1.54) is 24.3 Å². The Kier molecular flexibility index (Phi) is 24.6. The minimum atomic E-state index is -0.899. The van der Waals surface area contributed by atoms with Crippen molar-refractivity contribution >= 4 is 58.0 Å². The maximum Gasteiger partial charge on any atom is 0.508 e. The first-order valence-electron chi connectivity index (χ1n) is 29.6. The van der Waals surface area contributed by atoms with Gasteiger partial charge in [0.1, 0.15) is 35.9 Å². The van der Waals surface area contributed by atoms with Crippen LogP contribution in [0.15, 0.2) is 36.4 Å². The molecule has 442 valence electrons. The van der Waals surface area contributed by atoms with Crippen molar-refractivity contribution in [1.82, 2.24) is 36.1 Å². The Bertz CT molecular complexity index is 2610. The molecule has 80 heavy (non-hydrogen) atoms. The number of carbonyl (C=O) groups excluding carboxylic acids is 6. The highest BCUT2D eigenvalue weighted by atomic mass is 19.1. The molecule has 0 radical (unpaired) electrons. The number of carbonyl (C=O) groups is 6. The molecular weight excluding hydrogens is 1030 g/mol. The molecule has 17 nitrogen and oxygen atoms in total. The molecule has 2 saturated heterocycles. The van der Waals surface area contributed by atoms with Gasteiger partial charge in [0.2, 0.25) is 23.6 Å². The van der Waals surface area contributed by atoms with Gasteiger partial charge in [0.05, 0.1) is 38.4 Å². The van der Waals surface area contributed by atoms with Crippen LogP contribution in [-0.4, -0.2) is 140 Å². The third kappa shape index (κ3) is 17.0. The second kappa shape index (κ2) is 31.2. The number of halogens is 2. The molecule has 3 aliphatic rings. The molecule has 0 saturated carbocycles. The van der Waals surface area contributed by atoms with Gasteiger partial charge in [-0.1, -0.05) is 98.0 Å². The number of rotatable bonds is 31. The topological polar surface area (TPSA) is 210 Å². The van der Waals surface area contributed by atoms with Gasteiger partial charge in [-0.25, -0.2) is 18.4 Å². The number of nitrogens with one attached hydrogen (secondary N) is 5. The number of fused-ring (bicyclic) bond motifs is 2. The van der Waals surface area contributed by atoms with Crippen molar-refractivity contribution in [2.45, 2.75) is 212 Å². The number of nitrogens with zero attached hydrogens (tertiary/aromatic N) is 2. The van der Waals surface area contributed by atoms with Gasteiger partial charge >= 0.3 is 12.3 Å². The number of allylic oxidation sites excluding steroid dienone is 1. The van der Waals surface area contributed by atoms with Crippen LogP contribution >= 0.6 is 0 Å². The highest BCUT2D eigenvalue weighted by Crippen LogP contribution is 2.46. The smallest absolute Gasteiger partial charge is 0.434 e. The molecule has 0 unspecified atom stereocenters. The molecular formula is C61H89F2N7O10. The summed E-state index contributed by atoms with van der Waals surface area (Å²) < 4.78 is 53.5. The number of hydrogen-bond acceptors (Lipinski definition) is 12. The standard InChI is InChI=1S/C61H89F2N7O10/c1-9-13-15-17-19-21-27-77-60(75)79-45-32-43(69(36-45)58(73)52(11-3)67-56(71)38(5)64-7)34-49-47-25-23-41(62)29-40(47)30-50(49)55-51(48-26-24-42(63)31-54(48)66-55)35-44-33-46(80-61(76)78-28-22-20-18-16-14-10-2)37-70(44)59(74)53(12-4)68-57(72)39(6)65-8/h23-26,29,31,38-39,43-46,52-53,64-66H,9-22,27-28,30,32-37H2,1-8H3,(H,67,71)(H,68,72)/t38-,39-,43-,44-,45-,46-,52-,53-/m0/s1. The Morgan fingerprint density at radius 3 is 1.61 bits per heavy atom. The Balaban J connectivity index is 1.37. The van der Waals surface area contributed by atoms with Crippen molar-refractivity contribution in [3.05, 3.63) is 70.4 Å². The number of aromatic nitrogens is 1. The average Bonchev–Trinajstić information content (AvgIpc) is 4.23. The lowest BCUT2D eigenvalue weighted by Crippen LogP contribution is -2.53. The molecule has 0 spiro atoms. The fourth-order valence-electron chi connectivity index (χ4n) is 11.3. The van der Waals surface area contributed by atoms with Crippen molar-refractivity contribution in [3.8, 4) is 0 Å². The molecule has 3 aromatic rings. The van der Waals surface area contributed by atoms with E-state index >= 15 is 8.78 Å². The minimum Gasteiger partial charge on any atom is -0.434 e. The van der Waals surface area contributed by atoms with Gasteiger partial charge in [0, 0.05) is 47.9 Å². The van der Waals surface area contributed by atoms with E-state index < -0.39 is 72.4 Å². The zero-order chi connectivity index (χ0) is 57.9. The summed E-state index contributed by atoms with van der Waals surface area (Å²) in [5.41, 5.74) is 4.82. The van der Waals surface area contributed by atoms with Gasteiger partial charge in [-0.2, -0.15) is 0 Å². The summed E-state index contributed by atoms with van der Waals surface area (Å²) >= 11 is 0. The van der Waals surface area contributed by atoms with Crippen LogP contribution in [0.5, 0.6) is 0 Å². The third-order valence-electron chi connectivity index (χ3n) is 16.2. The Hall–Kier alpha value is -6.08. The number of likely N-dealkylation sites (tertiary alicyclic amines) is 2. The number of aromatic amines is 1. The molecule has 19 heteroatoms. The van der Waals surface area contributed by atoms with Gasteiger partial charge in [-0.3, -0.25) is 19.2 Å². The first-order valence-corrected chi connectivity index (χ1v) is 29.6. The molecule has 1 aromatic heterocycles. The molecule has 5 N–H and O–H groups in total. The zero-order valence-electron chi connectivity index (χ0n) is 48.6. The Labute approximate surface area is 471 Å². The van der Waals surface area contributed by atoms with E-state index in [0.29, 0.717) is 35.0 Å². The highest BCUT2D eigenvalue weighted by molar-refractivity contribution is 6.01. The summed E-state index contributed by atoms with van der Waals surface area (Å²) in [6.07, 6.45) is 10.7. The molecule has 1 aliphatic carbocycles. The summed E-state index contributed by atoms with van der Waals surface area (Å²) in [6, 6.07) is 4.93. The molecule has 8 atom stereocenters. The van der Waals surface area contributed by atoms with Crippen LogP contribution in [0.25, 0.3) is 22.0 Å². The van der Waals surface area contributed by atoms with Crippen molar-refractivity contribution in [3.63, 3.8) is 0 Å². The number of benzene rings is 2. The summed E-state index contributed by atoms with van der Waals surface area (Å²) in [7, 11) is 3.31. The number of ether oxygens (including phenoxy) is 4. The maximum atomic E-state index is 15.3. The summed E-state index contributed by atoms with van der Waals surface area (Å²) in [5.74, 6) is -2.33. The second-order valence-electron chi connectivity index (χ2n) is 21.9. The number of hydrogen-bond donors (Lipinski definition) is 5. The van der Waals surface area contributed by atoms with Gasteiger partial charge < -0.3 is 55.0 Å². The van der Waals surface area contributed by atoms with E-state index in [-0.39, 0.29) is 94.9 Å². The van der Waals surface area contributed by atoms with Crippen molar-refractivity contribution < 1.29 is 56.5 Å². The number of unbranched alkanes of at least 4 members (excludes halogenated alkanes) is 10. The zero-order valence-corrected chi connectivity index (χ0v) is 48.6. The third-order valence-corrected chi connectivity index (χ3v) is 16.2. The van der Waals surface area contributed by atoms with Crippen molar-refractivity contribution in [1.29, 1.82) is 0 Å². The molecule has 3 heterocycles. The van der Waals surface area contributed by atoms with Crippen LogP contribution in [-0.2, 0) is 51.0 Å². The van der Waals surface area contributed by atoms with E-state index in [1.807, 2.05) is 13.8 Å². The molecule has 0 bridgehead atoms. The Morgan fingerprint density at radius 2 is 1.11 bits per heavy atom. The summed E-state index contributed by atoms with van der Waals surface area (Å²) in [4.78, 5) is 89.3. The number of likely N-dealkylation sites (N-methyl/N-ethyl adjacent to an activating group) is 2. The van der Waals surface area contributed by atoms with E-state index in [4.69, 9.17) is 18.9 Å². The van der Waals surface area contributed by atoms with Crippen molar-refractivity contribution in [2.75, 3.05) is 40.4 Å². The van der Waals surface area contributed by atoms with E-state index in [0.717, 1.165) is 86.5 Å². The van der Waals surface area contributed by atoms with Crippen molar-refractivity contribution in [2.24, 2.45) is 0 Å². The second-order valence-corrected chi connectivity index (χ2v) is 21.9. The van der Waals surface area contributed by atoms with Gasteiger partial charge in [0.25, 0.3) is 0 Å². The normalized spacial score (nSPS) is 19.4. The average molecular weight is 1120 g/mol. The molecule has 2 aromatic carbocycles. The molecule has 4 amide bonds. The first kappa shape index (κ1) is 63.1. The fraction of sp³-hybridized carbons (Fsp3) is 0.639. The lowest BCUT2D eigenvalue weighted by molar-refractivity contribution is -0.138. The molecule has 2 aliphatic heterocycles. The summed E-state index contributed by atoms with van der Waals surface area (Å²) in [5, 5.41) is 12.3. The van der Waals surface area contributed by atoms with E-state index in [1.54, 1.807) is 49.9 Å². The van der Waals surface area contributed by atoms with Crippen LogP contribution in [0, 0.1) is 11.6 Å². The number of amides is 4. The lowest BCUT2D eigenvalue weighted by Gasteiger charge is -2.30. The van der Waals surface area contributed by atoms with Crippen LogP contribution in [0.1, 0.15) is 173 Å². The van der Waals surface area contributed by atoms with Crippen LogP contribution in [0.2, 0.25) is 0 Å². The van der Waals surface area contributed by atoms with E-state index in [2.05, 4.69) is 40.1 Å². The van der Waals surface area contributed by atoms with Crippen LogP contribution in [0.3, 0.4) is 0 Å². The fourth-order valence-corrected chi connectivity index (χ4v) is 11.3. The minimum absolute atomic E-state index is 0.0308. The monoisotopic (exact) mass is 1120 g/mol. The molecule has 2 fully saturated rings. The lowest BCUT2D eigenvalue weighted by atomic mass is 9.92. The van der Waals surface area contributed by atoms with Gasteiger partial charge in [0.15, 0.2) is 0 Å². The number of H-pyrrole nitrogens is 1. The first-order chi connectivity index (χ1) is 38.5. The van der Waals surface area contributed by atoms with Crippen LogP contribution in [0.4, 0.5) is 18.4 Å².